The maximum absolute atomic E-state index is 13.6. The van der Waals surface area contributed by atoms with Crippen molar-refractivity contribution in [3.8, 4) is 34.3 Å². The number of aryl methyl sites for hydroxylation is 1. The van der Waals surface area contributed by atoms with Crippen LogP contribution in [0.5, 0.6) is 0 Å². The maximum atomic E-state index is 13.6. The van der Waals surface area contributed by atoms with E-state index < -0.39 is 64.9 Å². The number of anilines is 2. The number of fused-ring (bicyclic) bond motifs is 2. The number of aromatic carboxylic acids is 1. The van der Waals surface area contributed by atoms with Gasteiger partial charge in [0.15, 0.2) is 5.78 Å². The number of rotatable bonds is 22. The zero-order valence-electron chi connectivity index (χ0n) is 39.0. The Morgan fingerprint density at radius 2 is 1.74 bits per heavy atom. The number of ether oxygens (including phenoxy) is 4. The minimum absolute atomic E-state index is 0.0651. The van der Waals surface area contributed by atoms with Crippen LogP contribution in [-0.2, 0) is 45.8 Å². The molecule has 6 rings (SSSR count). The number of nitrogens with zero attached hydrogens (tertiary/aromatic N) is 2. The molecule has 3 heterocycles. The van der Waals surface area contributed by atoms with Crippen molar-refractivity contribution in [3.63, 3.8) is 0 Å². The zero-order valence-corrected chi connectivity index (χ0v) is 43.3. The summed E-state index contributed by atoms with van der Waals surface area (Å²) in [4.78, 5) is 80.0. The number of hydrogen-bond donors (Lipinski definition) is 8. The lowest BCUT2D eigenvalue weighted by Gasteiger charge is -2.23. The molecule has 1 fully saturated rings. The maximum Gasteiger partial charge on any atom is 0.490 e. The third-order valence-corrected chi connectivity index (χ3v) is 17.7. The van der Waals surface area contributed by atoms with Gasteiger partial charge in [-0.05, 0) is 70.0 Å². The highest BCUT2D eigenvalue weighted by atomic mass is 33.1. The van der Waals surface area contributed by atoms with Gasteiger partial charge in [0, 0.05) is 69.8 Å². The number of ketones is 1. The smallest absolute Gasteiger partial charge is 0.478 e. The number of carbonyl (C=O) groups is 2. The second-order valence-electron chi connectivity index (χ2n) is 16.6. The van der Waals surface area contributed by atoms with Crippen LogP contribution in [0.1, 0.15) is 76.7 Å². The van der Waals surface area contributed by atoms with Gasteiger partial charge < -0.3 is 64.9 Å². The van der Waals surface area contributed by atoms with E-state index in [0.29, 0.717) is 56.7 Å². The Labute approximate surface area is 418 Å². The van der Waals surface area contributed by atoms with Crippen molar-refractivity contribution >= 4 is 79.3 Å². The summed E-state index contributed by atoms with van der Waals surface area (Å²) in [5.41, 5.74) is 15.4. The number of phosphoric ester groups is 1. The zero-order chi connectivity index (χ0) is 52.9. The van der Waals surface area contributed by atoms with E-state index in [-0.39, 0.29) is 65.8 Å². The van der Waals surface area contributed by atoms with E-state index in [0.717, 1.165) is 4.57 Å². The molecular formula is C43H50N5O19P3S2. The van der Waals surface area contributed by atoms with E-state index >= 15 is 0 Å². The highest BCUT2D eigenvalue weighted by molar-refractivity contribution is 8.77. The summed E-state index contributed by atoms with van der Waals surface area (Å²) in [7, 11) is -12.7. The van der Waals surface area contributed by atoms with Gasteiger partial charge in [-0.15, -0.1) is 0 Å². The first kappa shape index (κ1) is 56.6. The van der Waals surface area contributed by atoms with E-state index in [1.165, 1.54) is 41.0 Å². The van der Waals surface area contributed by atoms with Crippen LogP contribution in [-0.4, -0.2) is 96.0 Å². The van der Waals surface area contributed by atoms with Crippen LogP contribution < -0.4 is 22.5 Å². The highest BCUT2D eigenvalue weighted by Gasteiger charge is 2.44. The third-order valence-electron chi connectivity index (χ3n) is 10.9. The SMILES string of the molecule is COCO[C@@H]1C[C@H](n2cc(C#CCOCSSC(C)(C)CCC(=O)c3ccc(-c4c5ccc(=N)c(C)c-5oc5c(C)c(N)ccc45)c(C(=O)O)c3)c(N)nc2=O)O[C@@H]1COP(=O)(O)OP(=O)(O)OP(=O)(O)O. The predicted octanol–water partition coefficient (Wildman–Crippen LogP) is 6.49. The fourth-order valence-corrected chi connectivity index (χ4v) is 12.6. The van der Waals surface area contributed by atoms with Gasteiger partial charge in [0.25, 0.3) is 0 Å². The molecular weight excluding hydrogens is 1050 g/mol. The fourth-order valence-electron chi connectivity index (χ4n) is 7.35. The molecule has 0 radical (unpaired) electrons. The van der Waals surface area contributed by atoms with Crippen molar-refractivity contribution in [2.45, 2.75) is 70.1 Å². The normalized spacial score (nSPS) is 17.9. The molecule has 2 aromatic carbocycles. The summed E-state index contributed by atoms with van der Waals surface area (Å²) in [5.74, 6) is 4.53. The Morgan fingerprint density at radius 1 is 1.01 bits per heavy atom. The average molecular weight is 1100 g/mol. The molecule has 24 nitrogen and oxygen atoms in total. The van der Waals surface area contributed by atoms with E-state index in [9.17, 15) is 43.0 Å². The summed E-state index contributed by atoms with van der Waals surface area (Å²) >= 11 is 0. The molecule has 3 aromatic rings. The molecule has 29 heteroatoms. The van der Waals surface area contributed by atoms with Crippen LogP contribution >= 0.6 is 45.1 Å². The van der Waals surface area contributed by atoms with Crippen molar-refractivity contribution in [1.82, 2.24) is 9.55 Å². The molecule has 0 spiro atoms. The third kappa shape index (κ3) is 14.3. The second kappa shape index (κ2) is 23.2. The number of carboxylic acid groups (broad SMARTS) is 1. The Bertz CT molecular complexity index is 3190. The van der Waals surface area contributed by atoms with Gasteiger partial charge in [-0.25, -0.2) is 23.3 Å². The Hall–Kier alpha value is -4.74. The topological polar surface area (TPSA) is 375 Å². The molecule has 0 amide bonds. The first-order valence-electron chi connectivity index (χ1n) is 21.2. The summed E-state index contributed by atoms with van der Waals surface area (Å²) in [5, 5.41) is 19.7. The number of Topliss-reactive ketones (excluding diaryl/α,β-unsaturated/α-hetero) is 1. The van der Waals surface area contributed by atoms with Gasteiger partial charge in [0.1, 0.15) is 48.8 Å². The van der Waals surface area contributed by atoms with E-state index in [1.54, 1.807) is 50.2 Å². The molecule has 10 N–H and O–H groups in total. The lowest BCUT2D eigenvalue weighted by atomic mass is 9.87. The van der Waals surface area contributed by atoms with Crippen LogP contribution in [0.4, 0.5) is 11.5 Å². The number of aromatic nitrogens is 2. The number of nitrogen functional groups attached to an aromatic ring is 2. The number of methoxy groups -OCH3 is 1. The monoisotopic (exact) mass is 1100 g/mol. The van der Waals surface area contributed by atoms with E-state index in [1.807, 2.05) is 13.8 Å². The standard InChI is InChI=1S/C43H50N5O19P3S2/c1-23-31(44)12-10-28-37(29-11-13-32(45)24(2)39(29)65-38(23)28)27-9-8-25(17-30(27)41(50)51)33(49)14-15-43(3,4)72-71-22-61-16-6-7-26-19-48(42(52)47-40(26)46)36-18-34(62-21-60-5)35(64-36)20-63-69(56,57)67-70(58,59)66-68(53,54)55/h8-13,17,19,34-36,44H,14-16,18,20-22,45H2,1-5H3,(H,50,51)(H,56,57)(H,58,59)(H2,46,47,52)(H2,53,54,55)/t34-,35-,36-/m1/s1. The van der Waals surface area contributed by atoms with Crippen LogP contribution in [0, 0.1) is 31.1 Å². The van der Waals surface area contributed by atoms with Gasteiger partial charge in [0.05, 0.1) is 29.2 Å². The number of nitrogens with two attached hydrogens (primary N) is 2. The van der Waals surface area contributed by atoms with Crippen LogP contribution in [0.2, 0.25) is 0 Å². The number of carbonyl (C=O) groups excluding carboxylic acids is 1. The van der Waals surface area contributed by atoms with Crippen molar-refractivity contribution in [2.24, 2.45) is 0 Å². The Morgan fingerprint density at radius 3 is 2.43 bits per heavy atom. The van der Waals surface area contributed by atoms with Gasteiger partial charge >= 0.3 is 35.1 Å². The van der Waals surface area contributed by atoms with Crippen molar-refractivity contribution in [3.05, 3.63) is 92.3 Å². The van der Waals surface area contributed by atoms with Gasteiger partial charge in [-0.3, -0.25) is 13.9 Å². The molecule has 388 valence electrons. The highest BCUT2D eigenvalue weighted by Crippen LogP contribution is 2.66. The molecule has 1 aromatic heterocycles. The second-order valence-corrected chi connectivity index (χ2v) is 23.9. The molecule has 0 saturated carbocycles. The summed E-state index contributed by atoms with van der Waals surface area (Å²) in [6, 6.07) is 11.5. The molecule has 2 unspecified atom stereocenters. The molecule has 3 aliphatic rings. The van der Waals surface area contributed by atoms with Gasteiger partial charge in [-0.2, -0.15) is 13.6 Å². The largest absolute Gasteiger partial charge is 0.490 e. The summed E-state index contributed by atoms with van der Waals surface area (Å²) in [6.45, 7) is 6.27. The number of benzene rings is 3. The van der Waals surface area contributed by atoms with Crippen molar-refractivity contribution in [1.29, 1.82) is 5.41 Å². The molecule has 1 saturated heterocycles. The number of carboxylic acids is 1. The number of nitrogens with one attached hydrogen (secondary N) is 1. The van der Waals surface area contributed by atoms with Crippen LogP contribution in [0.25, 0.3) is 33.4 Å². The van der Waals surface area contributed by atoms with Crippen molar-refractivity contribution < 1.29 is 84.5 Å². The van der Waals surface area contributed by atoms with Crippen LogP contribution in [0.3, 0.4) is 0 Å². The van der Waals surface area contributed by atoms with Crippen LogP contribution in [0.15, 0.2) is 57.9 Å². The minimum atomic E-state index is -5.78. The molecule has 0 bridgehead atoms. The van der Waals surface area contributed by atoms with Gasteiger partial charge in [-0.1, -0.05) is 45.6 Å². The minimum Gasteiger partial charge on any atom is -0.478 e. The predicted molar refractivity (Wildman–Crippen MR) is 263 cm³/mol. The Balaban J connectivity index is 1.03. The fraction of sp³-hybridized carbons (Fsp3) is 0.372. The quantitative estimate of drug-likeness (QED) is 0.00536. The number of phosphoric acid groups is 3. The van der Waals surface area contributed by atoms with E-state index in [4.69, 9.17) is 54.6 Å². The summed E-state index contributed by atoms with van der Waals surface area (Å²) in [6.07, 6.45) is -1.61. The molecule has 1 aliphatic carbocycles. The first-order chi connectivity index (χ1) is 33.7. The number of hydrogen-bond acceptors (Lipinski definition) is 20. The molecule has 5 atom stereocenters. The van der Waals surface area contributed by atoms with E-state index in [2.05, 4.69) is 25.4 Å². The average Bonchev–Trinajstić information content (AvgIpc) is 3.70. The van der Waals surface area contributed by atoms with Crippen molar-refractivity contribution in [2.75, 3.05) is 44.5 Å². The molecule has 2 aliphatic heterocycles. The lowest BCUT2D eigenvalue weighted by Crippen LogP contribution is -2.30. The molecule has 72 heavy (non-hydrogen) atoms. The van der Waals surface area contributed by atoms with Gasteiger partial charge in [0.2, 0.25) is 0 Å². The summed E-state index contributed by atoms with van der Waals surface area (Å²) < 4.78 is 76.1. The Kier molecular flexibility index (Phi) is 18.2. The first-order valence-corrected chi connectivity index (χ1v) is 28.0. The lowest BCUT2D eigenvalue weighted by molar-refractivity contribution is -0.107.